The van der Waals surface area contributed by atoms with Crippen LogP contribution in [-0.4, -0.2) is 14.9 Å². The molecule has 2 heterocycles. The van der Waals surface area contributed by atoms with Crippen LogP contribution in [0.1, 0.15) is 5.01 Å². The maximum Gasteiger partial charge on any atom is 0.284 e. The van der Waals surface area contributed by atoms with Crippen LogP contribution >= 0.6 is 23.1 Å². The Morgan fingerprint density at radius 3 is 2.92 bits per heavy atom. The van der Waals surface area contributed by atoms with E-state index in [1.807, 2.05) is 37.3 Å². The van der Waals surface area contributed by atoms with Crippen LogP contribution in [0.25, 0.3) is 21.0 Å². The first-order valence-electron chi connectivity index (χ1n) is 7.18. The van der Waals surface area contributed by atoms with Crippen LogP contribution in [0.4, 0.5) is 5.69 Å². The van der Waals surface area contributed by atoms with Crippen molar-refractivity contribution >= 4 is 49.8 Å². The molecule has 0 amide bonds. The third-order valence-corrected chi connectivity index (χ3v) is 5.69. The predicted octanol–water partition coefficient (Wildman–Crippen LogP) is 5.21. The third-order valence-electron chi connectivity index (χ3n) is 3.63. The van der Waals surface area contributed by atoms with Crippen molar-refractivity contribution in [2.45, 2.75) is 16.7 Å². The lowest BCUT2D eigenvalue weighted by Crippen LogP contribution is -1.91. The van der Waals surface area contributed by atoms with Gasteiger partial charge in [-0.25, -0.2) is 4.98 Å². The zero-order chi connectivity index (χ0) is 16.7. The molecule has 4 aromatic rings. The molecule has 0 N–H and O–H groups in total. The first-order valence-corrected chi connectivity index (χ1v) is 8.81. The molecule has 0 aliphatic carbocycles. The number of pyridine rings is 1. The summed E-state index contributed by atoms with van der Waals surface area (Å²) in [6, 6.07) is 11.2. The van der Waals surface area contributed by atoms with E-state index >= 15 is 0 Å². The van der Waals surface area contributed by atoms with Crippen molar-refractivity contribution in [1.82, 2.24) is 9.97 Å². The van der Waals surface area contributed by atoms with Gasteiger partial charge in [-0.2, -0.15) is 0 Å². The van der Waals surface area contributed by atoms with Gasteiger partial charge in [0.05, 0.1) is 25.0 Å². The van der Waals surface area contributed by atoms with Gasteiger partial charge in [0.25, 0.3) is 5.69 Å². The average Bonchev–Trinajstić information content (AvgIpc) is 2.93. The second-order valence-electron chi connectivity index (χ2n) is 5.23. The minimum Gasteiger partial charge on any atom is -0.264 e. The van der Waals surface area contributed by atoms with Crippen LogP contribution < -0.4 is 0 Å². The summed E-state index contributed by atoms with van der Waals surface area (Å²) in [5.74, 6) is 0. The summed E-state index contributed by atoms with van der Waals surface area (Å²) in [7, 11) is 0. The average molecular weight is 353 g/mol. The number of nitrogens with zero attached hydrogens (tertiary/aromatic N) is 3. The number of thiazole rings is 1. The van der Waals surface area contributed by atoms with Gasteiger partial charge in [-0.1, -0.05) is 23.9 Å². The van der Waals surface area contributed by atoms with Gasteiger partial charge in [-0.3, -0.25) is 15.1 Å². The van der Waals surface area contributed by atoms with Crippen molar-refractivity contribution in [1.29, 1.82) is 0 Å². The van der Waals surface area contributed by atoms with Gasteiger partial charge in [0.15, 0.2) is 0 Å². The lowest BCUT2D eigenvalue weighted by Gasteiger charge is -2.06. The molecule has 0 unspecified atom stereocenters. The molecule has 0 spiro atoms. The van der Waals surface area contributed by atoms with Crippen LogP contribution in [-0.2, 0) is 0 Å². The number of nitro groups is 1. The summed E-state index contributed by atoms with van der Waals surface area (Å²) in [6.45, 7) is 1.90. The van der Waals surface area contributed by atoms with E-state index in [1.54, 1.807) is 18.5 Å². The molecular weight excluding hydrogens is 342 g/mol. The number of hydrogen-bond donors (Lipinski definition) is 0. The molecule has 0 fully saturated rings. The van der Waals surface area contributed by atoms with E-state index in [0.29, 0.717) is 4.90 Å². The number of rotatable bonds is 3. The Kier molecular flexibility index (Phi) is 3.66. The molecule has 7 heteroatoms. The fourth-order valence-electron chi connectivity index (χ4n) is 2.58. The summed E-state index contributed by atoms with van der Waals surface area (Å²) in [5.41, 5.74) is 0.912. The predicted molar refractivity (Wildman–Crippen MR) is 96.9 cm³/mol. The number of hydrogen-bond acceptors (Lipinski definition) is 6. The molecule has 2 aromatic heterocycles. The lowest BCUT2D eigenvalue weighted by atomic mass is 10.2. The first-order chi connectivity index (χ1) is 11.6. The largest absolute Gasteiger partial charge is 0.284 e. The topological polar surface area (TPSA) is 68.9 Å². The number of aromatic nitrogens is 2. The van der Waals surface area contributed by atoms with E-state index in [4.69, 9.17) is 0 Å². The van der Waals surface area contributed by atoms with E-state index in [2.05, 4.69) is 9.97 Å². The highest BCUT2D eigenvalue weighted by Gasteiger charge is 2.19. The molecule has 4 rings (SSSR count). The zero-order valence-electron chi connectivity index (χ0n) is 12.6. The Hall–Kier alpha value is -2.51. The zero-order valence-corrected chi connectivity index (χ0v) is 14.2. The minimum absolute atomic E-state index is 0.113. The molecular formula is C17H11N3O2S2. The SMILES string of the molecule is Cc1nc2cc(Sc3cccc4cnccc34)c([N+](=O)[O-])cc2s1. The van der Waals surface area contributed by atoms with E-state index in [1.165, 1.54) is 23.1 Å². The molecule has 5 nitrogen and oxygen atoms in total. The molecule has 0 atom stereocenters. The molecule has 0 saturated heterocycles. The standard InChI is InChI=1S/C17H11N3O2S2/c1-10-19-13-7-17(14(20(21)22)8-16(13)23-10)24-15-4-2-3-11-9-18-6-5-12(11)15/h2-9H,1H3. The number of fused-ring (bicyclic) bond motifs is 2. The molecule has 0 aliphatic rings. The van der Waals surface area contributed by atoms with Crippen LogP contribution in [0, 0.1) is 17.0 Å². The van der Waals surface area contributed by atoms with E-state index in [9.17, 15) is 10.1 Å². The quantitative estimate of drug-likeness (QED) is 0.373. The second kappa shape index (κ2) is 5.85. The number of benzene rings is 2. The van der Waals surface area contributed by atoms with Gasteiger partial charge in [0.2, 0.25) is 0 Å². The Morgan fingerprint density at radius 2 is 2.08 bits per heavy atom. The first kappa shape index (κ1) is 15.0. The van der Waals surface area contributed by atoms with Crippen molar-refractivity contribution in [3.63, 3.8) is 0 Å². The van der Waals surface area contributed by atoms with Crippen molar-refractivity contribution in [2.75, 3.05) is 0 Å². The molecule has 0 aliphatic heterocycles. The summed E-state index contributed by atoms with van der Waals surface area (Å²) >= 11 is 2.86. The maximum absolute atomic E-state index is 11.5. The maximum atomic E-state index is 11.5. The molecule has 0 bridgehead atoms. The van der Waals surface area contributed by atoms with Crippen LogP contribution in [0.2, 0.25) is 0 Å². The van der Waals surface area contributed by atoms with Gasteiger partial charge in [-0.05, 0) is 30.5 Å². The third kappa shape index (κ3) is 2.61. The van der Waals surface area contributed by atoms with Crippen LogP contribution in [0.15, 0.2) is 58.6 Å². The molecule has 118 valence electrons. The molecule has 0 radical (unpaired) electrons. The van der Waals surface area contributed by atoms with E-state index in [-0.39, 0.29) is 10.6 Å². The fourth-order valence-corrected chi connectivity index (χ4v) is 4.51. The van der Waals surface area contributed by atoms with Gasteiger partial charge >= 0.3 is 0 Å². The molecule has 24 heavy (non-hydrogen) atoms. The van der Waals surface area contributed by atoms with E-state index < -0.39 is 0 Å². The van der Waals surface area contributed by atoms with Gasteiger partial charge in [0.1, 0.15) is 0 Å². The Bertz CT molecular complexity index is 1090. The van der Waals surface area contributed by atoms with Crippen LogP contribution in [0.3, 0.4) is 0 Å². The summed E-state index contributed by atoms with van der Waals surface area (Å²) in [5, 5.41) is 14.4. The monoisotopic (exact) mass is 353 g/mol. The molecule has 2 aromatic carbocycles. The second-order valence-corrected chi connectivity index (χ2v) is 7.55. The Morgan fingerprint density at radius 1 is 1.21 bits per heavy atom. The highest BCUT2D eigenvalue weighted by Crippen LogP contribution is 2.40. The van der Waals surface area contributed by atoms with Gasteiger partial charge < -0.3 is 0 Å². The van der Waals surface area contributed by atoms with Crippen molar-refractivity contribution in [3.05, 3.63) is 63.9 Å². The highest BCUT2D eigenvalue weighted by molar-refractivity contribution is 7.99. The van der Waals surface area contributed by atoms with Crippen molar-refractivity contribution in [2.24, 2.45) is 0 Å². The normalized spacial score (nSPS) is 11.2. The van der Waals surface area contributed by atoms with E-state index in [0.717, 1.165) is 30.9 Å². The smallest absolute Gasteiger partial charge is 0.264 e. The number of nitro benzene ring substituents is 1. The van der Waals surface area contributed by atoms with Crippen LogP contribution in [0.5, 0.6) is 0 Å². The summed E-state index contributed by atoms with van der Waals surface area (Å²) in [6.07, 6.45) is 3.52. The summed E-state index contributed by atoms with van der Waals surface area (Å²) in [4.78, 5) is 21.3. The van der Waals surface area contributed by atoms with Gasteiger partial charge in [-0.15, -0.1) is 11.3 Å². The van der Waals surface area contributed by atoms with Gasteiger partial charge in [0, 0.05) is 28.7 Å². The minimum atomic E-state index is -0.330. The van der Waals surface area contributed by atoms with Crippen molar-refractivity contribution < 1.29 is 4.92 Å². The highest BCUT2D eigenvalue weighted by atomic mass is 32.2. The Balaban J connectivity index is 1.88. The molecule has 0 saturated carbocycles. The number of aryl methyl sites for hydroxylation is 1. The van der Waals surface area contributed by atoms with Crippen molar-refractivity contribution in [3.8, 4) is 0 Å². The Labute approximate surface area is 145 Å². The fraction of sp³-hybridized carbons (Fsp3) is 0.0588. The lowest BCUT2D eigenvalue weighted by molar-refractivity contribution is -0.387. The summed E-state index contributed by atoms with van der Waals surface area (Å²) < 4.78 is 0.839.